The molecule has 2 aromatic carbocycles. The second-order valence-electron chi connectivity index (χ2n) is 6.39. The van der Waals surface area contributed by atoms with Gasteiger partial charge in [-0.3, -0.25) is 14.9 Å². The van der Waals surface area contributed by atoms with Gasteiger partial charge in [0.25, 0.3) is 5.69 Å². The van der Waals surface area contributed by atoms with Crippen LogP contribution in [0, 0.1) is 17.0 Å². The van der Waals surface area contributed by atoms with Gasteiger partial charge in [-0.25, -0.2) is 8.42 Å². The zero-order valence-corrected chi connectivity index (χ0v) is 18.4. The maximum absolute atomic E-state index is 12.7. The monoisotopic (exact) mass is 454 g/mol. The van der Waals surface area contributed by atoms with Crippen LogP contribution in [-0.4, -0.2) is 43.2 Å². The van der Waals surface area contributed by atoms with Crippen LogP contribution >= 0.6 is 11.6 Å². The Hall–Kier alpha value is -2.69. The summed E-state index contributed by atoms with van der Waals surface area (Å²) in [6.45, 7) is 5.76. The van der Waals surface area contributed by atoms with Crippen molar-refractivity contribution in [1.29, 1.82) is 0 Å². The normalized spacial score (nSPS) is 11.4. The summed E-state index contributed by atoms with van der Waals surface area (Å²) in [6.07, 6.45) is 0. The molecule has 11 heteroatoms. The summed E-state index contributed by atoms with van der Waals surface area (Å²) in [4.78, 5) is 22.8. The molecule has 2 rings (SSSR count). The predicted molar refractivity (Wildman–Crippen MR) is 117 cm³/mol. The highest BCUT2D eigenvalue weighted by Gasteiger charge is 2.22. The second-order valence-corrected chi connectivity index (χ2v) is 8.74. The summed E-state index contributed by atoms with van der Waals surface area (Å²) in [5.74, 6) is -0.437. The van der Waals surface area contributed by atoms with Gasteiger partial charge in [0, 0.05) is 30.5 Å². The molecule has 0 atom stereocenters. The Bertz CT molecular complexity index is 1050. The van der Waals surface area contributed by atoms with Crippen LogP contribution in [-0.2, 0) is 14.8 Å². The second kappa shape index (κ2) is 9.88. The minimum Gasteiger partial charge on any atom is -0.376 e. The molecular formula is C19H23ClN4O5S. The van der Waals surface area contributed by atoms with Crippen molar-refractivity contribution < 1.29 is 18.1 Å². The van der Waals surface area contributed by atoms with Gasteiger partial charge in [-0.2, -0.15) is 4.31 Å². The number of nitrogens with zero attached hydrogens (tertiary/aromatic N) is 2. The molecule has 0 spiro atoms. The number of hydrogen-bond acceptors (Lipinski definition) is 6. The summed E-state index contributed by atoms with van der Waals surface area (Å²) in [7, 11) is -3.66. The van der Waals surface area contributed by atoms with Gasteiger partial charge in [0.2, 0.25) is 15.9 Å². The average Bonchev–Trinajstić information content (AvgIpc) is 2.69. The third-order valence-corrected chi connectivity index (χ3v) is 6.79. The van der Waals surface area contributed by atoms with Crippen LogP contribution < -0.4 is 10.6 Å². The van der Waals surface area contributed by atoms with E-state index in [-0.39, 0.29) is 22.2 Å². The molecule has 30 heavy (non-hydrogen) atoms. The first-order valence-corrected chi connectivity index (χ1v) is 11.0. The number of nitrogens with one attached hydrogen (secondary N) is 2. The summed E-state index contributed by atoms with van der Waals surface area (Å²) >= 11 is 5.77. The number of carbonyl (C=O) groups is 1. The first-order chi connectivity index (χ1) is 14.1. The number of anilines is 2. The smallest absolute Gasteiger partial charge is 0.289 e. The van der Waals surface area contributed by atoms with Gasteiger partial charge in [-0.05, 0) is 36.8 Å². The van der Waals surface area contributed by atoms with E-state index in [2.05, 4.69) is 10.6 Å². The van der Waals surface area contributed by atoms with E-state index in [1.807, 2.05) is 0 Å². The van der Waals surface area contributed by atoms with Crippen molar-refractivity contribution in [2.45, 2.75) is 25.7 Å². The standard InChI is InChI=1S/C19H23ClN4O5S/c1-4-23(5-2)30(28,29)15-8-6-13(3)17(11-15)22-19(25)12-21-14-7-9-16(20)18(10-14)24(26)27/h6-11,21H,4-5,12H2,1-3H3,(H,22,25). The number of carbonyl (C=O) groups excluding carboxylic acids is 1. The fraction of sp³-hybridized carbons (Fsp3) is 0.316. The number of rotatable bonds is 9. The molecule has 0 saturated carbocycles. The molecule has 0 aliphatic heterocycles. The number of sulfonamides is 1. The Balaban J connectivity index is 2.14. The average molecular weight is 455 g/mol. The van der Waals surface area contributed by atoms with E-state index in [1.54, 1.807) is 26.8 Å². The Morgan fingerprint density at radius 1 is 1.17 bits per heavy atom. The number of aryl methyl sites for hydroxylation is 1. The maximum Gasteiger partial charge on any atom is 0.289 e. The van der Waals surface area contributed by atoms with Crippen LogP contribution in [0.4, 0.5) is 17.1 Å². The Labute approximate surface area is 180 Å². The molecule has 0 saturated heterocycles. The summed E-state index contributed by atoms with van der Waals surface area (Å²) in [6, 6.07) is 8.68. The van der Waals surface area contributed by atoms with E-state index in [0.29, 0.717) is 30.0 Å². The van der Waals surface area contributed by atoms with Gasteiger partial charge in [0.1, 0.15) is 5.02 Å². The van der Waals surface area contributed by atoms with Crippen LogP contribution in [0.2, 0.25) is 5.02 Å². The van der Waals surface area contributed by atoms with Gasteiger partial charge >= 0.3 is 0 Å². The van der Waals surface area contributed by atoms with E-state index >= 15 is 0 Å². The van der Waals surface area contributed by atoms with E-state index in [0.717, 1.165) is 0 Å². The summed E-state index contributed by atoms with van der Waals surface area (Å²) in [5, 5.41) is 16.4. The molecule has 0 aliphatic carbocycles. The topological polar surface area (TPSA) is 122 Å². The zero-order chi connectivity index (χ0) is 22.5. The first-order valence-electron chi connectivity index (χ1n) is 9.18. The molecule has 1 amide bonds. The molecule has 0 bridgehead atoms. The van der Waals surface area contributed by atoms with Crippen LogP contribution in [0.1, 0.15) is 19.4 Å². The van der Waals surface area contributed by atoms with Crippen molar-refractivity contribution in [3.05, 3.63) is 57.1 Å². The predicted octanol–water partition coefficient (Wildman–Crippen LogP) is 3.64. The third kappa shape index (κ3) is 5.47. The Kier molecular flexibility index (Phi) is 7.77. The van der Waals surface area contributed by atoms with E-state index in [4.69, 9.17) is 11.6 Å². The zero-order valence-electron chi connectivity index (χ0n) is 16.8. The third-order valence-electron chi connectivity index (χ3n) is 4.42. The van der Waals surface area contributed by atoms with Gasteiger partial charge in [0.15, 0.2) is 0 Å². The summed E-state index contributed by atoms with van der Waals surface area (Å²) < 4.78 is 26.7. The Morgan fingerprint density at radius 2 is 1.83 bits per heavy atom. The largest absolute Gasteiger partial charge is 0.376 e. The highest BCUT2D eigenvalue weighted by atomic mass is 35.5. The van der Waals surface area contributed by atoms with Gasteiger partial charge in [-0.15, -0.1) is 0 Å². The molecule has 0 radical (unpaired) electrons. The first kappa shape index (κ1) is 23.6. The molecule has 0 unspecified atom stereocenters. The fourth-order valence-corrected chi connectivity index (χ4v) is 4.42. The lowest BCUT2D eigenvalue weighted by Gasteiger charge is -2.19. The number of nitro groups is 1. The molecule has 0 aliphatic rings. The Morgan fingerprint density at radius 3 is 2.43 bits per heavy atom. The lowest BCUT2D eigenvalue weighted by molar-refractivity contribution is -0.384. The number of hydrogen-bond donors (Lipinski definition) is 2. The number of halogens is 1. The minimum absolute atomic E-state index is 0.00291. The molecule has 162 valence electrons. The van der Waals surface area contributed by atoms with E-state index in [9.17, 15) is 23.3 Å². The lowest BCUT2D eigenvalue weighted by atomic mass is 10.2. The summed E-state index contributed by atoms with van der Waals surface area (Å²) in [5.41, 5.74) is 1.16. The number of benzene rings is 2. The van der Waals surface area contributed by atoms with E-state index < -0.39 is 20.9 Å². The van der Waals surface area contributed by atoms with Crippen molar-refractivity contribution >= 4 is 44.6 Å². The van der Waals surface area contributed by atoms with Crippen molar-refractivity contribution in [3.8, 4) is 0 Å². The van der Waals surface area contributed by atoms with Crippen molar-refractivity contribution in [2.75, 3.05) is 30.3 Å². The quantitative estimate of drug-likeness (QED) is 0.440. The molecule has 2 aromatic rings. The van der Waals surface area contributed by atoms with Gasteiger partial charge in [-0.1, -0.05) is 31.5 Å². The van der Waals surface area contributed by atoms with Gasteiger partial charge in [0.05, 0.1) is 16.4 Å². The van der Waals surface area contributed by atoms with Crippen molar-refractivity contribution in [1.82, 2.24) is 4.31 Å². The fourth-order valence-electron chi connectivity index (χ4n) is 2.75. The molecular weight excluding hydrogens is 432 g/mol. The minimum atomic E-state index is -3.66. The molecule has 0 aromatic heterocycles. The molecule has 0 heterocycles. The molecule has 9 nitrogen and oxygen atoms in total. The maximum atomic E-state index is 12.7. The van der Waals surface area contributed by atoms with Crippen LogP contribution in [0.15, 0.2) is 41.3 Å². The van der Waals surface area contributed by atoms with Crippen LogP contribution in [0.25, 0.3) is 0 Å². The molecule has 0 fully saturated rings. The lowest BCUT2D eigenvalue weighted by Crippen LogP contribution is -2.30. The van der Waals surface area contributed by atoms with Gasteiger partial charge < -0.3 is 10.6 Å². The highest BCUT2D eigenvalue weighted by Crippen LogP contribution is 2.27. The SMILES string of the molecule is CCN(CC)S(=O)(=O)c1ccc(C)c(NC(=O)CNc2ccc(Cl)c([N+](=O)[O-])c2)c1. The number of amides is 1. The highest BCUT2D eigenvalue weighted by molar-refractivity contribution is 7.89. The van der Waals surface area contributed by atoms with Crippen molar-refractivity contribution in [2.24, 2.45) is 0 Å². The van der Waals surface area contributed by atoms with Crippen LogP contribution in [0.5, 0.6) is 0 Å². The van der Waals surface area contributed by atoms with E-state index in [1.165, 1.54) is 34.6 Å². The molecule has 2 N–H and O–H groups in total. The van der Waals surface area contributed by atoms with Crippen LogP contribution in [0.3, 0.4) is 0 Å². The number of nitro benzene ring substituents is 1. The van der Waals surface area contributed by atoms with Crippen molar-refractivity contribution in [3.63, 3.8) is 0 Å².